The second-order valence-electron chi connectivity index (χ2n) is 5.46. The third-order valence-corrected chi connectivity index (χ3v) is 4.57. The Morgan fingerprint density at radius 2 is 2.09 bits per heavy atom. The fraction of sp³-hybridized carbons (Fsp3) is 0.467. The van der Waals surface area contributed by atoms with E-state index in [2.05, 4.69) is 5.32 Å². The molecule has 0 unspecified atom stereocenters. The number of ether oxygens (including phenoxy) is 1. The fourth-order valence-electron chi connectivity index (χ4n) is 2.35. The molecule has 2 N–H and O–H groups in total. The van der Waals surface area contributed by atoms with Gasteiger partial charge in [0.05, 0.1) is 22.6 Å². The third kappa shape index (κ3) is 3.54. The number of hydrogen-bond donors (Lipinski definition) is 2. The first-order valence-corrected chi connectivity index (χ1v) is 7.69. The number of benzene rings is 1. The number of carbonyl (C=O) groups is 2. The average Bonchev–Trinajstić information content (AvgIpc) is 2.50. The molecule has 2 rings (SSSR count). The van der Waals surface area contributed by atoms with Crippen LogP contribution in [0.15, 0.2) is 18.2 Å². The molecule has 1 saturated heterocycles. The topological polar surface area (TPSA) is 75.6 Å². The van der Waals surface area contributed by atoms with Crippen molar-refractivity contribution in [3.05, 3.63) is 33.8 Å². The number of amides is 1. The van der Waals surface area contributed by atoms with Crippen molar-refractivity contribution >= 4 is 35.1 Å². The molecule has 120 valence electrons. The molecule has 5 nitrogen and oxygen atoms in total. The number of nitrogens with one attached hydrogen (secondary N) is 1. The summed E-state index contributed by atoms with van der Waals surface area (Å²) in [6, 6.07) is 4.51. The van der Waals surface area contributed by atoms with Crippen molar-refractivity contribution in [3.63, 3.8) is 0 Å². The van der Waals surface area contributed by atoms with Crippen LogP contribution in [0.1, 0.15) is 25.3 Å². The Morgan fingerprint density at radius 3 is 2.64 bits per heavy atom. The van der Waals surface area contributed by atoms with E-state index in [1.165, 1.54) is 19.1 Å². The average molecular weight is 346 g/mol. The smallest absolute Gasteiger partial charge is 0.333 e. The van der Waals surface area contributed by atoms with Gasteiger partial charge in [-0.2, -0.15) is 0 Å². The zero-order chi connectivity index (χ0) is 16.3. The Kier molecular flexibility index (Phi) is 5.32. The molecule has 1 aliphatic heterocycles. The highest BCUT2D eigenvalue weighted by Gasteiger charge is 2.39. The van der Waals surface area contributed by atoms with Gasteiger partial charge in [0.1, 0.15) is 0 Å². The molecule has 2 atom stereocenters. The lowest BCUT2D eigenvalue weighted by atomic mass is 9.90. The number of carboxylic acids is 1. The van der Waals surface area contributed by atoms with Crippen LogP contribution in [0.5, 0.6) is 0 Å². The molecular weight excluding hydrogens is 329 g/mol. The standard InChI is InChI=1S/C15H17Cl2NO4/c1-15(14(20)21,10-4-5-11(16)12(17)7-10)18-13(19)9-3-2-6-22-8-9/h4-5,7,9H,2-3,6,8H2,1H3,(H,18,19)(H,20,21)/t9-,15-/m0/s1. The van der Waals surface area contributed by atoms with Crippen LogP contribution in [0.2, 0.25) is 10.0 Å². The van der Waals surface area contributed by atoms with E-state index in [-0.39, 0.29) is 16.8 Å². The first-order chi connectivity index (χ1) is 10.3. The predicted octanol–water partition coefficient (Wildman–Crippen LogP) is 2.84. The van der Waals surface area contributed by atoms with Gasteiger partial charge in [0.2, 0.25) is 5.91 Å². The van der Waals surface area contributed by atoms with Crippen LogP contribution in [0.4, 0.5) is 0 Å². The molecule has 1 aliphatic rings. The van der Waals surface area contributed by atoms with Gasteiger partial charge in [0, 0.05) is 6.61 Å². The lowest BCUT2D eigenvalue weighted by molar-refractivity contribution is -0.149. The predicted molar refractivity (Wildman–Crippen MR) is 83.1 cm³/mol. The van der Waals surface area contributed by atoms with E-state index in [4.69, 9.17) is 27.9 Å². The van der Waals surface area contributed by atoms with Crippen molar-refractivity contribution in [2.45, 2.75) is 25.3 Å². The molecule has 0 radical (unpaired) electrons. The van der Waals surface area contributed by atoms with Crippen molar-refractivity contribution in [2.24, 2.45) is 5.92 Å². The summed E-state index contributed by atoms with van der Waals surface area (Å²) in [5, 5.41) is 12.7. The van der Waals surface area contributed by atoms with Crippen molar-refractivity contribution < 1.29 is 19.4 Å². The largest absolute Gasteiger partial charge is 0.479 e. The second-order valence-corrected chi connectivity index (χ2v) is 6.28. The summed E-state index contributed by atoms with van der Waals surface area (Å²) >= 11 is 11.8. The van der Waals surface area contributed by atoms with E-state index in [9.17, 15) is 14.7 Å². The van der Waals surface area contributed by atoms with Crippen LogP contribution in [0.3, 0.4) is 0 Å². The van der Waals surface area contributed by atoms with E-state index in [1.54, 1.807) is 6.07 Å². The summed E-state index contributed by atoms with van der Waals surface area (Å²) < 4.78 is 5.27. The zero-order valence-corrected chi connectivity index (χ0v) is 13.6. The van der Waals surface area contributed by atoms with Gasteiger partial charge in [0.15, 0.2) is 5.54 Å². The van der Waals surface area contributed by atoms with Crippen LogP contribution >= 0.6 is 23.2 Å². The number of carbonyl (C=O) groups excluding carboxylic acids is 1. The van der Waals surface area contributed by atoms with Crippen LogP contribution in [0.25, 0.3) is 0 Å². The highest BCUT2D eigenvalue weighted by molar-refractivity contribution is 6.42. The summed E-state index contributed by atoms with van der Waals surface area (Å²) in [5.74, 6) is -1.85. The molecule has 0 aromatic heterocycles. The maximum atomic E-state index is 12.3. The quantitative estimate of drug-likeness (QED) is 0.879. The zero-order valence-electron chi connectivity index (χ0n) is 12.1. The second kappa shape index (κ2) is 6.86. The van der Waals surface area contributed by atoms with Gasteiger partial charge >= 0.3 is 5.97 Å². The minimum Gasteiger partial charge on any atom is -0.479 e. The fourth-order valence-corrected chi connectivity index (χ4v) is 2.65. The van der Waals surface area contributed by atoms with Gasteiger partial charge in [-0.05, 0) is 37.5 Å². The molecule has 1 fully saturated rings. The van der Waals surface area contributed by atoms with Crippen LogP contribution < -0.4 is 5.32 Å². The third-order valence-electron chi connectivity index (χ3n) is 3.83. The summed E-state index contributed by atoms with van der Waals surface area (Å²) in [7, 11) is 0. The molecule has 7 heteroatoms. The lowest BCUT2D eigenvalue weighted by Crippen LogP contribution is -2.52. The first kappa shape index (κ1) is 17.1. The molecule has 0 aliphatic carbocycles. The van der Waals surface area contributed by atoms with E-state index in [0.29, 0.717) is 30.2 Å². The minimum atomic E-state index is -1.58. The Balaban J connectivity index is 2.25. The molecule has 1 aromatic carbocycles. The SMILES string of the molecule is C[C@@](NC(=O)[C@H]1CCCOC1)(C(=O)O)c1ccc(Cl)c(Cl)c1. The molecule has 0 spiro atoms. The van der Waals surface area contributed by atoms with Gasteiger partial charge in [-0.15, -0.1) is 0 Å². The highest BCUT2D eigenvalue weighted by Crippen LogP contribution is 2.29. The summed E-state index contributed by atoms with van der Waals surface area (Å²) in [6.07, 6.45) is 1.47. The number of carboxylic acid groups (broad SMARTS) is 1. The highest BCUT2D eigenvalue weighted by atomic mass is 35.5. The minimum absolute atomic E-state index is 0.238. The lowest BCUT2D eigenvalue weighted by Gasteiger charge is -2.30. The normalized spacial score (nSPS) is 21.0. The molecular formula is C15H17Cl2NO4. The van der Waals surface area contributed by atoms with Crippen molar-refractivity contribution in [3.8, 4) is 0 Å². The van der Waals surface area contributed by atoms with Crippen LogP contribution in [0, 0.1) is 5.92 Å². The molecule has 0 saturated carbocycles. The Morgan fingerprint density at radius 1 is 1.36 bits per heavy atom. The Labute approximate surface area is 138 Å². The molecule has 22 heavy (non-hydrogen) atoms. The van der Waals surface area contributed by atoms with Gasteiger partial charge in [-0.3, -0.25) is 4.79 Å². The molecule has 0 bridgehead atoms. The summed E-state index contributed by atoms with van der Waals surface area (Å²) in [4.78, 5) is 24.0. The van der Waals surface area contributed by atoms with Crippen molar-refractivity contribution in [1.82, 2.24) is 5.32 Å². The maximum absolute atomic E-state index is 12.3. The van der Waals surface area contributed by atoms with E-state index < -0.39 is 11.5 Å². The Bertz CT molecular complexity index is 587. The van der Waals surface area contributed by atoms with Crippen LogP contribution in [-0.4, -0.2) is 30.2 Å². The van der Waals surface area contributed by atoms with Gasteiger partial charge in [-0.25, -0.2) is 4.79 Å². The van der Waals surface area contributed by atoms with Gasteiger partial charge < -0.3 is 15.2 Å². The maximum Gasteiger partial charge on any atom is 0.333 e. The van der Waals surface area contributed by atoms with Crippen molar-refractivity contribution in [1.29, 1.82) is 0 Å². The monoisotopic (exact) mass is 345 g/mol. The van der Waals surface area contributed by atoms with Gasteiger partial charge in [-0.1, -0.05) is 29.3 Å². The number of rotatable bonds is 4. The summed E-state index contributed by atoms with van der Waals surface area (Å²) in [6.45, 7) is 2.37. The van der Waals surface area contributed by atoms with E-state index in [1.807, 2.05) is 0 Å². The number of halogens is 2. The Hall–Kier alpha value is -1.30. The summed E-state index contributed by atoms with van der Waals surface area (Å²) in [5.41, 5.74) is -1.22. The molecule has 1 heterocycles. The van der Waals surface area contributed by atoms with E-state index >= 15 is 0 Å². The molecule has 1 amide bonds. The first-order valence-electron chi connectivity index (χ1n) is 6.93. The number of hydrogen-bond acceptors (Lipinski definition) is 3. The van der Waals surface area contributed by atoms with E-state index in [0.717, 1.165) is 6.42 Å². The number of aliphatic carboxylic acids is 1. The van der Waals surface area contributed by atoms with Gasteiger partial charge in [0.25, 0.3) is 0 Å². The van der Waals surface area contributed by atoms with Crippen molar-refractivity contribution in [2.75, 3.05) is 13.2 Å². The van der Waals surface area contributed by atoms with Crippen LogP contribution in [-0.2, 0) is 19.9 Å². The molecule has 1 aromatic rings.